The number of hydrogen-bond donors (Lipinski definition) is 2. The highest BCUT2D eigenvalue weighted by Gasteiger charge is 2.02. The summed E-state index contributed by atoms with van der Waals surface area (Å²) >= 11 is 1.63. The van der Waals surface area contributed by atoms with Crippen LogP contribution in [-0.2, 0) is 24.3 Å². The molecular weight excluding hydrogens is 320 g/mol. The molecular formula is C19H18N2O2S. The molecule has 122 valence electrons. The van der Waals surface area contributed by atoms with Gasteiger partial charge in [0.1, 0.15) is 5.01 Å². The van der Waals surface area contributed by atoms with Crippen LogP contribution in [0.1, 0.15) is 16.7 Å². The van der Waals surface area contributed by atoms with Gasteiger partial charge in [-0.1, -0.05) is 48.5 Å². The van der Waals surface area contributed by atoms with E-state index in [0.29, 0.717) is 6.54 Å². The fourth-order valence-electron chi connectivity index (χ4n) is 2.51. The lowest BCUT2D eigenvalue weighted by molar-refractivity contribution is -0.136. The summed E-state index contributed by atoms with van der Waals surface area (Å²) in [5, 5.41) is 15.3. The van der Waals surface area contributed by atoms with Crippen LogP contribution in [0.2, 0.25) is 0 Å². The van der Waals surface area contributed by atoms with Crippen molar-refractivity contribution in [2.45, 2.75) is 19.5 Å². The number of carboxylic acid groups (broad SMARTS) is 1. The first-order chi connectivity index (χ1) is 11.7. The summed E-state index contributed by atoms with van der Waals surface area (Å²) in [6.45, 7) is 1.48. The normalized spacial score (nSPS) is 10.7. The van der Waals surface area contributed by atoms with Gasteiger partial charge in [-0.25, -0.2) is 4.98 Å². The van der Waals surface area contributed by atoms with Gasteiger partial charge >= 0.3 is 5.97 Å². The number of hydrogen-bond acceptors (Lipinski definition) is 4. The molecule has 2 N–H and O–H groups in total. The average Bonchev–Trinajstić information content (AvgIpc) is 3.10. The molecule has 3 aromatic rings. The Kier molecular flexibility index (Phi) is 5.36. The Morgan fingerprint density at radius 3 is 2.50 bits per heavy atom. The van der Waals surface area contributed by atoms with E-state index in [0.717, 1.165) is 28.2 Å². The third-order valence-electron chi connectivity index (χ3n) is 3.64. The van der Waals surface area contributed by atoms with Crippen LogP contribution in [0.25, 0.3) is 10.6 Å². The van der Waals surface area contributed by atoms with E-state index in [4.69, 9.17) is 5.11 Å². The maximum absolute atomic E-state index is 10.8. The zero-order chi connectivity index (χ0) is 16.8. The molecule has 0 unspecified atom stereocenters. The molecule has 3 rings (SSSR count). The average molecular weight is 338 g/mol. The molecule has 0 aliphatic rings. The number of carbonyl (C=O) groups is 1. The molecule has 1 aromatic heterocycles. The van der Waals surface area contributed by atoms with Crippen LogP contribution in [0, 0.1) is 0 Å². The van der Waals surface area contributed by atoms with Crippen molar-refractivity contribution >= 4 is 17.3 Å². The Bertz CT molecular complexity index is 798. The van der Waals surface area contributed by atoms with Crippen molar-refractivity contribution in [1.82, 2.24) is 10.3 Å². The van der Waals surface area contributed by atoms with E-state index >= 15 is 0 Å². The van der Waals surface area contributed by atoms with Crippen LogP contribution in [0.4, 0.5) is 0 Å². The lowest BCUT2D eigenvalue weighted by Crippen LogP contribution is -2.13. The highest BCUT2D eigenvalue weighted by molar-refractivity contribution is 7.13. The van der Waals surface area contributed by atoms with Gasteiger partial charge in [-0.2, -0.15) is 0 Å². The second-order valence-electron chi connectivity index (χ2n) is 5.53. The monoisotopic (exact) mass is 338 g/mol. The standard InChI is InChI=1S/C19H18N2O2S/c22-18(23)11-15-2-1-3-16(10-15)13-20-12-14-4-6-17(7-5-14)19-21-8-9-24-19/h1-10,20H,11-13H2,(H,22,23). The molecule has 0 bridgehead atoms. The van der Waals surface area contributed by atoms with Gasteiger partial charge in [0.15, 0.2) is 0 Å². The van der Waals surface area contributed by atoms with Gasteiger partial charge in [0.05, 0.1) is 6.42 Å². The van der Waals surface area contributed by atoms with E-state index in [9.17, 15) is 4.79 Å². The first kappa shape index (κ1) is 16.4. The number of benzene rings is 2. The molecule has 0 spiro atoms. The molecule has 0 aliphatic carbocycles. The van der Waals surface area contributed by atoms with Crippen LogP contribution in [-0.4, -0.2) is 16.1 Å². The number of nitrogens with zero attached hydrogens (tertiary/aromatic N) is 1. The van der Waals surface area contributed by atoms with Crippen LogP contribution >= 0.6 is 11.3 Å². The van der Waals surface area contributed by atoms with Crippen LogP contribution in [0.15, 0.2) is 60.1 Å². The third kappa shape index (κ3) is 4.50. The molecule has 0 saturated carbocycles. The van der Waals surface area contributed by atoms with Crippen molar-refractivity contribution in [3.8, 4) is 10.6 Å². The molecule has 0 atom stereocenters. The topological polar surface area (TPSA) is 62.2 Å². The summed E-state index contributed by atoms with van der Waals surface area (Å²) in [5.41, 5.74) is 4.26. The van der Waals surface area contributed by atoms with Crippen molar-refractivity contribution in [3.63, 3.8) is 0 Å². The number of thiazole rings is 1. The zero-order valence-electron chi connectivity index (χ0n) is 13.1. The SMILES string of the molecule is O=C(O)Cc1cccc(CNCc2ccc(-c3nccs3)cc2)c1. The van der Waals surface area contributed by atoms with E-state index in [1.165, 1.54) is 5.56 Å². The second kappa shape index (κ2) is 7.86. The first-order valence-corrected chi connectivity index (χ1v) is 8.58. The Morgan fingerprint density at radius 1 is 1.04 bits per heavy atom. The van der Waals surface area contributed by atoms with Crippen LogP contribution < -0.4 is 5.32 Å². The summed E-state index contributed by atoms with van der Waals surface area (Å²) in [5.74, 6) is -0.805. The molecule has 0 aliphatic heterocycles. The minimum absolute atomic E-state index is 0.0616. The lowest BCUT2D eigenvalue weighted by Gasteiger charge is -2.07. The smallest absolute Gasteiger partial charge is 0.307 e. The molecule has 24 heavy (non-hydrogen) atoms. The number of aromatic nitrogens is 1. The van der Waals surface area contributed by atoms with Gasteiger partial charge in [0.2, 0.25) is 0 Å². The lowest BCUT2D eigenvalue weighted by atomic mass is 10.1. The molecule has 0 fully saturated rings. The Balaban J connectivity index is 1.54. The zero-order valence-corrected chi connectivity index (χ0v) is 13.9. The Hall–Kier alpha value is -2.50. The fourth-order valence-corrected chi connectivity index (χ4v) is 3.15. The van der Waals surface area contributed by atoms with Gasteiger partial charge in [-0.15, -0.1) is 11.3 Å². The molecule has 5 heteroatoms. The summed E-state index contributed by atoms with van der Waals surface area (Å²) in [6.07, 6.45) is 1.87. The van der Waals surface area contributed by atoms with Gasteiger partial charge in [0.25, 0.3) is 0 Å². The number of carboxylic acids is 1. The molecule has 2 aromatic carbocycles. The maximum Gasteiger partial charge on any atom is 0.307 e. The van der Waals surface area contributed by atoms with Crippen LogP contribution in [0.3, 0.4) is 0 Å². The van der Waals surface area contributed by atoms with E-state index in [1.807, 2.05) is 35.8 Å². The summed E-state index contributed by atoms with van der Waals surface area (Å²) in [7, 11) is 0. The van der Waals surface area contributed by atoms with E-state index in [2.05, 4.69) is 34.6 Å². The minimum Gasteiger partial charge on any atom is -0.481 e. The summed E-state index contributed by atoms with van der Waals surface area (Å²) in [4.78, 5) is 15.1. The van der Waals surface area contributed by atoms with Gasteiger partial charge in [-0.05, 0) is 16.7 Å². The predicted octanol–water partition coefficient (Wildman–Crippen LogP) is 3.73. The fraction of sp³-hybridized carbons (Fsp3) is 0.158. The highest BCUT2D eigenvalue weighted by Crippen LogP contribution is 2.21. The van der Waals surface area contributed by atoms with E-state index in [1.54, 1.807) is 11.3 Å². The quantitative estimate of drug-likeness (QED) is 0.689. The number of rotatable bonds is 7. The number of aliphatic carboxylic acids is 1. The third-order valence-corrected chi connectivity index (χ3v) is 4.46. The molecule has 0 saturated heterocycles. The van der Waals surface area contributed by atoms with Crippen molar-refractivity contribution in [1.29, 1.82) is 0 Å². The summed E-state index contributed by atoms with van der Waals surface area (Å²) < 4.78 is 0. The molecule has 1 heterocycles. The van der Waals surface area contributed by atoms with Crippen molar-refractivity contribution < 1.29 is 9.90 Å². The predicted molar refractivity (Wildman–Crippen MR) is 95.9 cm³/mol. The Labute approximate surface area is 144 Å². The van der Waals surface area contributed by atoms with E-state index in [-0.39, 0.29) is 6.42 Å². The van der Waals surface area contributed by atoms with Crippen LogP contribution in [0.5, 0.6) is 0 Å². The second-order valence-corrected chi connectivity index (χ2v) is 6.42. The van der Waals surface area contributed by atoms with Crippen molar-refractivity contribution in [2.75, 3.05) is 0 Å². The van der Waals surface area contributed by atoms with Gasteiger partial charge in [-0.3, -0.25) is 4.79 Å². The molecule has 0 amide bonds. The number of nitrogens with one attached hydrogen (secondary N) is 1. The van der Waals surface area contributed by atoms with Crippen molar-refractivity contribution in [2.24, 2.45) is 0 Å². The maximum atomic E-state index is 10.8. The summed E-state index contributed by atoms with van der Waals surface area (Å²) in [6, 6.07) is 16.1. The highest BCUT2D eigenvalue weighted by atomic mass is 32.1. The minimum atomic E-state index is -0.805. The van der Waals surface area contributed by atoms with E-state index < -0.39 is 5.97 Å². The Morgan fingerprint density at radius 2 is 1.79 bits per heavy atom. The van der Waals surface area contributed by atoms with Crippen molar-refractivity contribution in [3.05, 3.63) is 76.8 Å². The molecule has 4 nitrogen and oxygen atoms in total. The van der Waals surface area contributed by atoms with Gasteiger partial charge in [0, 0.05) is 30.2 Å². The molecule has 0 radical (unpaired) electrons. The first-order valence-electron chi connectivity index (χ1n) is 7.70. The van der Waals surface area contributed by atoms with Gasteiger partial charge < -0.3 is 10.4 Å². The largest absolute Gasteiger partial charge is 0.481 e.